The maximum Gasteiger partial charge on any atom is 0.340 e. The molecule has 10 heteroatoms. The fourth-order valence-corrected chi connectivity index (χ4v) is 4.99. The van der Waals surface area contributed by atoms with Crippen LogP contribution >= 0.6 is 0 Å². The standard InChI is InChI=1S/C27H36N2O7S/c1-4-5-16-35-26(30)24-10-6-7-11-25(24)37(32,33)36-22-14-12-21(13-15-22)18-29(27(31)28-20(2)3)19-23-9-8-17-34-23/h6-7,10-15,20,23H,4-5,8-9,16-19H2,1-3H3,(H,28,31). The fourth-order valence-electron chi connectivity index (χ4n) is 3.87. The summed E-state index contributed by atoms with van der Waals surface area (Å²) in [5.41, 5.74) is 0.734. The number of esters is 1. The summed E-state index contributed by atoms with van der Waals surface area (Å²) in [6.07, 6.45) is 3.42. The molecule has 1 N–H and O–H groups in total. The summed E-state index contributed by atoms with van der Waals surface area (Å²) in [5.74, 6) is -0.618. The predicted octanol–water partition coefficient (Wildman–Crippen LogP) is 4.51. The molecule has 0 radical (unpaired) electrons. The minimum absolute atomic E-state index is 0.000562. The number of carbonyl (C=O) groups excluding carboxylic acids is 2. The van der Waals surface area contributed by atoms with Gasteiger partial charge in [-0.2, -0.15) is 8.42 Å². The number of hydrogen-bond acceptors (Lipinski definition) is 7. The molecule has 2 amide bonds. The van der Waals surface area contributed by atoms with Crippen molar-refractivity contribution in [3.8, 4) is 5.75 Å². The highest BCUT2D eigenvalue weighted by Crippen LogP contribution is 2.23. The second kappa shape index (κ2) is 13.4. The van der Waals surface area contributed by atoms with Crippen LogP contribution in [0.1, 0.15) is 62.4 Å². The van der Waals surface area contributed by atoms with Crippen LogP contribution in [0.4, 0.5) is 4.79 Å². The molecule has 0 spiro atoms. The van der Waals surface area contributed by atoms with Gasteiger partial charge in [-0.3, -0.25) is 0 Å². The number of unbranched alkanes of at least 4 members (excludes halogenated alkanes) is 1. The van der Waals surface area contributed by atoms with Gasteiger partial charge in [-0.25, -0.2) is 9.59 Å². The van der Waals surface area contributed by atoms with Crippen molar-refractivity contribution in [2.75, 3.05) is 19.8 Å². The summed E-state index contributed by atoms with van der Waals surface area (Å²) in [6.45, 7) is 7.48. The van der Waals surface area contributed by atoms with Crippen LogP contribution in [0.5, 0.6) is 5.75 Å². The monoisotopic (exact) mass is 532 g/mol. The van der Waals surface area contributed by atoms with Crippen LogP contribution in [0.2, 0.25) is 0 Å². The van der Waals surface area contributed by atoms with Gasteiger partial charge >= 0.3 is 22.1 Å². The van der Waals surface area contributed by atoms with Crippen molar-refractivity contribution >= 4 is 22.1 Å². The fraction of sp³-hybridized carbons (Fsp3) is 0.481. The van der Waals surface area contributed by atoms with E-state index in [9.17, 15) is 18.0 Å². The van der Waals surface area contributed by atoms with E-state index in [4.69, 9.17) is 13.7 Å². The lowest BCUT2D eigenvalue weighted by Gasteiger charge is -2.27. The number of rotatable bonds is 12. The van der Waals surface area contributed by atoms with Crippen LogP contribution in [0.25, 0.3) is 0 Å². The Labute approximate surface area is 219 Å². The Morgan fingerprint density at radius 1 is 1.14 bits per heavy atom. The SMILES string of the molecule is CCCCOC(=O)c1ccccc1S(=O)(=O)Oc1ccc(CN(CC2CCCO2)C(=O)NC(C)C)cc1. The summed E-state index contributed by atoms with van der Waals surface area (Å²) in [7, 11) is -4.29. The molecule has 1 aliphatic heterocycles. The Balaban J connectivity index is 1.71. The predicted molar refractivity (Wildman–Crippen MR) is 139 cm³/mol. The first kappa shape index (κ1) is 28.5. The molecule has 0 aromatic heterocycles. The number of urea groups is 1. The first-order valence-electron chi connectivity index (χ1n) is 12.7. The lowest BCUT2D eigenvalue weighted by atomic mass is 10.2. The third-order valence-electron chi connectivity index (χ3n) is 5.76. The second-order valence-corrected chi connectivity index (χ2v) is 10.8. The van der Waals surface area contributed by atoms with Crippen molar-refractivity contribution in [1.29, 1.82) is 0 Å². The highest BCUT2D eigenvalue weighted by Gasteiger charge is 2.26. The Bertz CT molecular complexity index is 1140. The molecule has 0 saturated carbocycles. The third-order valence-corrected chi connectivity index (χ3v) is 7.06. The molecule has 0 aliphatic carbocycles. The Hall–Kier alpha value is -3.11. The van der Waals surface area contributed by atoms with Crippen molar-refractivity contribution in [2.45, 2.75) is 70.0 Å². The third kappa shape index (κ3) is 8.46. The maximum absolute atomic E-state index is 13.0. The lowest BCUT2D eigenvalue weighted by molar-refractivity contribution is 0.0495. The number of nitrogens with zero attached hydrogens (tertiary/aromatic N) is 1. The quantitative estimate of drug-likeness (QED) is 0.243. The molecule has 1 saturated heterocycles. The summed E-state index contributed by atoms with van der Waals surface area (Å²) in [5, 5.41) is 2.92. The molecular weight excluding hydrogens is 496 g/mol. The molecule has 2 aromatic carbocycles. The smallest absolute Gasteiger partial charge is 0.340 e. The first-order valence-corrected chi connectivity index (χ1v) is 14.1. The number of hydrogen-bond donors (Lipinski definition) is 1. The summed E-state index contributed by atoms with van der Waals surface area (Å²) in [6, 6.07) is 12.1. The topological polar surface area (TPSA) is 111 Å². The van der Waals surface area contributed by atoms with Crippen molar-refractivity contribution in [3.05, 3.63) is 59.7 Å². The van der Waals surface area contributed by atoms with E-state index in [0.717, 1.165) is 24.8 Å². The number of benzene rings is 2. The van der Waals surface area contributed by atoms with Crippen molar-refractivity contribution in [1.82, 2.24) is 10.2 Å². The van der Waals surface area contributed by atoms with E-state index in [1.807, 2.05) is 20.8 Å². The molecule has 2 aromatic rings. The van der Waals surface area contributed by atoms with E-state index >= 15 is 0 Å². The summed E-state index contributed by atoms with van der Waals surface area (Å²) >= 11 is 0. The van der Waals surface area contributed by atoms with E-state index in [1.54, 1.807) is 23.1 Å². The van der Waals surface area contributed by atoms with Gasteiger partial charge in [0.2, 0.25) is 0 Å². The molecule has 202 valence electrons. The Morgan fingerprint density at radius 3 is 2.51 bits per heavy atom. The molecule has 1 unspecified atom stereocenters. The molecule has 3 rings (SSSR count). The summed E-state index contributed by atoms with van der Waals surface area (Å²) in [4.78, 5) is 26.6. The van der Waals surface area contributed by atoms with Crippen LogP contribution in [-0.4, -0.2) is 57.2 Å². The van der Waals surface area contributed by atoms with Gasteiger partial charge in [-0.1, -0.05) is 37.6 Å². The highest BCUT2D eigenvalue weighted by molar-refractivity contribution is 7.87. The zero-order valence-corrected chi connectivity index (χ0v) is 22.5. The number of ether oxygens (including phenoxy) is 2. The van der Waals surface area contributed by atoms with Crippen LogP contribution in [0, 0.1) is 0 Å². The van der Waals surface area contributed by atoms with Crippen molar-refractivity contribution < 1.29 is 31.7 Å². The lowest BCUT2D eigenvalue weighted by Crippen LogP contribution is -2.45. The van der Waals surface area contributed by atoms with E-state index < -0.39 is 16.1 Å². The van der Waals surface area contributed by atoms with E-state index in [-0.39, 0.29) is 41.0 Å². The number of nitrogens with one attached hydrogen (secondary N) is 1. The van der Waals surface area contributed by atoms with Gasteiger partial charge in [0, 0.05) is 25.7 Å². The largest absolute Gasteiger partial charge is 0.462 e. The van der Waals surface area contributed by atoms with Crippen LogP contribution in [0.15, 0.2) is 53.4 Å². The van der Waals surface area contributed by atoms with Gasteiger partial charge in [-0.05, 0) is 62.9 Å². The Morgan fingerprint density at radius 2 is 1.86 bits per heavy atom. The molecule has 37 heavy (non-hydrogen) atoms. The van der Waals surface area contributed by atoms with Gasteiger partial charge in [0.25, 0.3) is 0 Å². The molecule has 1 aliphatic rings. The number of carbonyl (C=O) groups is 2. The van der Waals surface area contributed by atoms with Crippen LogP contribution in [0.3, 0.4) is 0 Å². The van der Waals surface area contributed by atoms with Crippen molar-refractivity contribution in [3.63, 3.8) is 0 Å². The van der Waals surface area contributed by atoms with Gasteiger partial charge in [0.1, 0.15) is 10.6 Å². The summed E-state index contributed by atoms with van der Waals surface area (Å²) < 4.78 is 42.2. The van der Waals surface area contributed by atoms with E-state index in [1.165, 1.54) is 30.3 Å². The number of amides is 2. The molecule has 9 nitrogen and oxygen atoms in total. The van der Waals surface area contributed by atoms with E-state index in [0.29, 0.717) is 26.1 Å². The minimum Gasteiger partial charge on any atom is -0.462 e. The molecular formula is C27H36N2O7S. The van der Waals surface area contributed by atoms with Gasteiger partial charge in [-0.15, -0.1) is 0 Å². The second-order valence-electron chi connectivity index (χ2n) is 9.29. The normalized spacial score (nSPS) is 15.4. The first-order chi connectivity index (χ1) is 17.7. The van der Waals surface area contributed by atoms with Gasteiger partial charge < -0.3 is 23.9 Å². The van der Waals surface area contributed by atoms with Crippen LogP contribution in [-0.2, 0) is 26.1 Å². The minimum atomic E-state index is -4.29. The molecule has 0 bridgehead atoms. The van der Waals surface area contributed by atoms with Gasteiger partial charge in [0.15, 0.2) is 0 Å². The molecule has 1 atom stereocenters. The molecule has 1 heterocycles. The van der Waals surface area contributed by atoms with E-state index in [2.05, 4.69) is 5.32 Å². The highest BCUT2D eigenvalue weighted by atomic mass is 32.2. The average Bonchev–Trinajstić information content (AvgIpc) is 3.37. The Kier molecular flexibility index (Phi) is 10.3. The molecule has 1 fully saturated rings. The zero-order chi connectivity index (χ0) is 26.8. The van der Waals surface area contributed by atoms with Crippen LogP contribution < -0.4 is 9.50 Å². The van der Waals surface area contributed by atoms with Gasteiger partial charge in [0.05, 0.1) is 18.3 Å². The maximum atomic E-state index is 13.0. The zero-order valence-electron chi connectivity index (χ0n) is 21.6. The average molecular weight is 533 g/mol. The van der Waals surface area contributed by atoms with Crippen molar-refractivity contribution in [2.24, 2.45) is 0 Å².